The zero-order valence-corrected chi connectivity index (χ0v) is 15.7. The number of nitrogens with one attached hydrogen (secondary N) is 2. The highest BCUT2D eigenvalue weighted by Gasteiger charge is 2.05. The van der Waals surface area contributed by atoms with Gasteiger partial charge in [0.15, 0.2) is 11.6 Å². The first kappa shape index (κ1) is 18.8. The van der Waals surface area contributed by atoms with Gasteiger partial charge in [-0.05, 0) is 49.6 Å². The molecule has 0 aliphatic rings. The molecule has 0 atom stereocenters. The molecule has 2 heterocycles. The number of rotatable bonds is 7. The maximum Gasteiger partial charge on any atom is 0.191 e. The van der Waals surface area contributed by atoms with Crippen LogP contribution in [0.15, 0.2) is 47.6 Å². The molecule has 0 aliphatic heterocycles. The molecule has 0 spiro atoms. The zero-order chi connectivity index (χ0) is 19.1. The van der Waals surface area contributed by atoms with Crippen molar-refractivity contribution in [2.24, 2.45) is 4.99 Å². The SMILES string of the molecule is CCNC(=NCc1ccc(C)c(F)c1)NCCCc1nnc2ccccn12. The first-order valence-electron chi connectivity index (χ1n) is 9.23. The number of aromatic nitrogens is 3. The quantitative estimate of drug-likeness (QED) is 0.382. The van der Waals surface area contributed by atoms with E-state index in [4.69, 9.17) is 0 Å². The van der Waals surface area contributed by atoms with Crippen LogP contribution in [-0.4, -0.2) is 33.6 Å². The Morgan fingerprint density at radius 3 is 2.89 bits per heavy atom. The Kier molecular flexibility index (Phi) is 6.35. The molecule has 1 aromatic carbocycles. The molecule has 0 saturated carbocycles. The molecular weight excluding hydrogens is 343 g/mol. The highest BCUT2D eigenvalue weighted by molar-refractivity contribution is 5.79. The molecule has 2 aromatic heterocycles. The predicted octanol–water partition coefficient (Wildman–Crippen LogP) is 2.86. The van der Waals surface area contributed by atoms with Gasteiger partial charge < -0.3 is 10.6 Å². The molecule has 3 aromatic rings. The summed E-state index contributed by atoms with van der Waals surface area (Å²) in [7, 11) is 0. The molecule has 6 nitrogen and oxygen atoms in total. The number of hydrogen-bond acceptors (Lipinski definition) is 3. The third-order valence-electron chi connectivity index (χ3n) is 4.25. The second-order valence-corrected chi connectivity index (χ2v) is 6.35. The van der Waals surface area contributed by atoms with Gasteiger partial charge in [0.1, 0.15) is 11.6 Å². The summed E-state index contributed by atoms with van der Waals surface area (Å²) in [4.78, 5) is 4.53. The maximum absolute atomic E-state index is 13.7. The first-order chi connectivity index (χ1) is 13.2. The van der Waals surface area contributed by atoms with E-state index in [0.29, 0.717) is 12.1 Å². The van der Waals surface area contributed by atoms with E-state index in [1.54, 1.807) is 19.1 Å². The summed E-state index contributed by atoms with van der Waals surface area (Å²) in [5.74, 6) is 1.48. The minimum atomic E-state index is -0.193. The average molecular weight is 368 g/mol. The van der Waals surface area contributed by atoms with E-state index in [1.165, 1.54) is 0 Å². The lowest BCUT2D eigenvalue weighted by atomic mass is 10.1. The zero-order valence-electron chi connectivity index (χ0n) is 15.7. The van der Waals surface area contributed by atoms with Crippen molar-refractivity contribution < 1.29 is 4.39 Å². The van der Waals surface area contributed by atoms with Crippen molar-refractivity contribution in [3.63, 3.8) is 0 Å². The van der Waals surface area contributed by atoms with Crippen molar-refractivity contribution in [2.45, 2.75) is 33.2 Å². The molecule has 2 N–H and O–H groups in total. The van der Waals surface area contributed by atoms with Gasteiger partial charge >= 0.3 is 0 Å². The van der Waals surface area contributed by atoms with Crippen molar-refractivity contribution in [1.82, 2.24) is 25.2 Å². The summed E-state index contributed by atoms with van der Waals surface area (Å²) in [6.45, 7) is 5.73. The van der Waals surface area contributed by atoms with Crippen molar-refractivity contribution in [3.05, 3.63) is 65.4 Å². The summed E-state index contributed by atoms with van der Waals surface area (Å²) < 4.78 is 15.7. The summed E-state index contributed by atoms with van der Waals surface area (Å²) in [5, 5.41) is 14.9. The number of aliphatic imine (C=N–C) groups is 1. The number of pyridine rings is 1. The smallest absolute Gasteiger partial charge is 0.191 e. The van der Waals surface area contributed by atoms with Crippen molar-refractivity contribution in [2.75, 3.05) is 13.1 Å². The fourth-order valence-corrected chi connectivity index (χ4v) is 2.76. The number of guanidine groups is 1. The Morgan fingerprint density at radius 1 is 1.19 bits per heavy atom. The Bertz CT molecular complexity index is 918. The number of hydrogen-bond donors (Lipinski definition) is 2. The number of halogens is 1. The lowest BCUT2D eigenvalue weighted by Gasteiger charge is -2.11. The maximum atomic E-state index is 13.7. The molecule has 142 valence electrons. The number of aryl methyl sites for hydroxylation is 2. The van der Waals surface area contributed by atoms with Gasteiger partial charge in [0, 0.05) is 25.7 Å². The van der Waals surface area contributed by atoms with E-state index in [-0.39, 0.29) is 5.82 Å². The van der Waals surface area contributed by atoms with Crippen molar-refractivity contribution in [3.8, 4) is 0 Å². The molecule has 0 unspecified atom stereocenters. The lowest BCUT2D eigenvalue weighted by molar-refractivity contribution is 0.616. The normalized spacial score (nSPS) is 11.7. The second-order valence-electron chi connectivity index (χ2n) is 6.35. The van der Waals surface area contributed by atoms with Crippen LogP contribution in [0, 0.1) is 12.7 Å². The third-order valence-corrected chi connectivity index (χ3v) is 4.25. The summed E-state index contributed by atoms with van der Waals surface area (Å²) >= 11 is 0. The van der Waals surface area contributed by atoms with Gasteiger partial charge in [0.05, 0.1) is 6.54 Å². The van der Waals surface area contributed by atoms with Crippen LogP contribution in [0.3, 0.4) is 0 Å². The largest absolute Gasteiger partial charge is 0.357 e. The van der Waals surface area contributed by atoms with Gasteiger partial charge in [-0.2, -0.15) is 0 Å². The van der Waals surface area contributed by atoms with Gasteiger partial charge in [-0.15, -0.1) is 10.2 Å². The molecular formula is C20H25FN6. The van der Waals surface area contributed by atoms with E-state index >= 15 is 0 Å². The summed E-state index contributed by atoms with van der Waals surface area (Å²) in [6, 6.07) is 11.1. The molecule has 0 radical (unpaired) electrons. The standard InChI is InChI=1S/C20H25FN6/c1-3-22-20(24-14-16-10-9-15(2)17(21)13-16)23-11-6-8-19-26-25-18-7-4-5-12-27(18)19/h4-5,7,9-10,12-13H,3,6,8,11,14H2,1-2H3,(H2,22,23,24). The van der Waals surface area contributed by atoms with Crippen LogP contribution in [0.5, 0.6) is 0 Å². The van der Waals surface area contributed by atoms with Crippen molar-refractivity contribution >= 4 is 11.6 Å². The molecule has 27 heavy (non-hydrogen) atoms. The Morgan fingerprint density at radius 2 is 2.07 bits per heavy atom. The minimum Gasteiger partial charge on any atom is -0.357 e. The molecule has 0 bridgehead atoms. The fraction of sp³-hybridized carbons (Fsp3) is 0.350. The minimum absolute atomic E-state index is 0.193. The fourth-order valence-electron chi connectivity index (χ4n) is 2.76. The first-order valence-corrected chi connectivity index (χ1v) is 9.23. The second kappa shape index (κ2) is 9.12. The van der Waals surface area contributed by atoms with Crippen LogP contribution < -0.4 is 10.6 Å². The highest BCUT2D eigenvalue weighted by Crippen LogP contribution is 2.10. The average Bonchev–Trinajstić information content (AvgIpc) is 3.09. The van der Waals surface area contributed by atoms with Crippen LogP contribution >= 0.6 is 0 Å². The third kappa shape index (κ3) is 5.03. The van der Waals surface area contributed by atoms with Crippen molar-refractivity contribution in [1.29, 1.82) is 0 Å². The van der Waals surface area contributed by atoms with Crippen LogP contribution in [0.1, 0.15) is 30.3 Å². The number of fused-ring (bicyclic) bond motifs is 1. The molecule has 0 saturated heterocycles. The van der Waals surface area contributed by atoms with Gasteiger partial charge in [-0.1, -0.05) is 18.2 Å². The van der Waals surface area contributed by atoms with Gasteiger partial charge in [0.25, 0.3) is 0 Å². The predicted molar refractivity (Wildman–Crippen MR) is 105 cm³/mol. The van der Waals surface area contributed by atoms with E-state index < -0.39 is 0 Å². The van der Waals surface area contributed by atoms with Gasteiger partial charge in [-0.3, -0.25) is 4.40 Å². The Hall–Kier alpha value is -2.96. The molecule has 0 aliphatic carbocycles. The van der Waals surface area contributed by atoms with Crippen LogP contribution in [0.2, 0.25) is 0 Å². The van der Waals surface area contributed by atoms with Crippen LogP contribution in [0.4, 0.5) is 4.39 Å². The summed E-state index contributed by atoms with van der Waals surface area (Å²) in [5.41, 5.74) is 2.36. The number of benzene rings is 1. The van der Waals surface area contributed by atoms with E-state index in [9.17, 15) is 4.39 Å². The van der Waals surface area contributed by atoms with Crippen LogP contribution in [-0.2, 0) is 13.0 Å². The molecule has 3 rings (SSSR count). The lowest BCUT2D eigenvalue weighted by Crippen LogP contribution is -2.37. The Labute approximate surface area is 158 Å². The van der Waals surface area contributed by atoms with Crippen LogP contribution in [0.25, 0.3) is 5.65 Å². The topological polar surface area (TPSA) is 66.6 Å². The number of nitrogens with zero attached hydrogens (tertiary/aromatic N) is 4. The van der Waals surface area contributed by atoms with E-state index in [0.717, 1.165) is 48.9 Å². The summed E-state index contributed by atoms with van der Waals surface area (Å²) in [6.07, 6.45) is 3.70. The molecule has 7 heteroatoms. The molecule has 0 fully saturated rings. The highest BCUT2D eigenvalue weighted by atomic mass is 19.1. The van der Waals surface area contributed by atoms with Gasteiger partial charge in [-0.25, -0.2) is 9.38 Å². The monoisotopic (exact) mass is 368 g/mol. The van der Waals surface area contributed by atoms with Gasteiger partial charge in [0.2, 0.25) is 0 Å². The van der Waals surface area contributed by atoms with E-state index in [2.05, 4.69) is 25.8 Å². The Balaban J connectivity index is 1.52. The molecule has 0 amide bonds. The van der Waals surface area contributed by atoms with E-state index in [1.807, 2.05) is 41.8 Å².